The molecule has 0 saturated carbocycles. The zero-order valence-corrected chi connectivity index (χ0v) is 12.3. The first kappa shape index (κ1) is 14.1. The van der Waals surface area contributed by atoms with Crippen molar-refractivity contribution in [3.8, 4) is 11.5 Å². The number of hydrogen-bond donors (Lipinski definition) is 0. The topological polar surface area (TPSA) is 18.5 Å². The first-order valence-corrected chi connectivity index (χ1v) is 6.60. The van der Waals surface area contributed by atoms with Gasteiger partial charge in [0.2, 0.25) is 0 Å². The second-order valence-electron chi connectivity index (χ2n) is 4.23. The summed E-state index contributed by atoms with van der Waals surface area (Å²) in [6.45, 7) is 3.88. The first-order chi connectivity index (χ1) is 9.06. The van der Waals surface area contributed by atoms with E-state index in [0.29, 0.717) is 10.0 Å². The Hall–Kier alpha value is -1.32. The zero-order chi connectivity index (χ0) is 13.8. The van der Waals surface area contributed by atoms with Gasteiger partial charge in [-0.3, -0.25) is 0 Å². The third-order valence-electron chi connectivity index (χ3n) is 2.70. The highest BCUT2D eigenvalue weighted by Gasteiger charge is 2.05. The van der Waals surface area contributed by atoms with Crippen LogP contribution in [-0.4, -0.2) is 7.69 Å². The molecule has 0 aliphatic carbocycles. The van der Waals surface area contributed by atoms with E-state index in [9.17, 15) is 0 Å². The molecule has 0 N–H and O–H groups in total. The monoisotopic (exact) mass is 294 g/mol. The number of hydrogen-bond acceptors (Lipinski definition) is 2. The minimum atomic E-state index is 0.144. The van der Waals surface area contributed by atoms with E-state index in [1.54, 1.807) is 12.1 Å². The molecule has 5 heteroatoms. The van der Waals surface area contributed by atoms with Crippen LogP contribution < -0.4 is 9.31 Å². The molecule has 0 spiro atoms. The summed E-state index contributed by atoms with van der Waals surface area (Å²) in [5.41, 5.74) is 1.95. The minimum Gasteiger partial charge on any atom is -0.528 e. The lowest BCUT2D eigenvalue weighted by atomic mass is 10.2. The fourth-order valence-corrected chi connectivity index (χ4v) is 2.16. The van der Waals surface area contributed by atoms with Crippen molar-refractivity contribution in [3.63, 3.8) is 0 Å². The lowest BCUT2D eigenvalue weighted by molar-refractivity contribution is 0.455. The average Bonchev–Trinajstić information content (AvgIpc) is 2.34. The molecule has 0 amide bonds. The molecule has 0 aromatic heterocycles. The van der Waals surface area contributed by atoms with E-state index in [0.717, 1.165) is 22.6 Å². The highest BCUT2D eigenvalue weighted by Crippen LogP contribution is 2.23. The first-order valence-electron chi connectivity index (χ1n) is 5.84. The summed E-state index contributed by atoms with van der Waals surface area (Å²) in [6, 6.07) is 10.9. The Labute approximate surface area is 123 Å². The third kappa shape index (κ3) is 3.82. The molecule has 2 rings (SSSR count). The molecule has 2 aromatic carbocycles. The van der Waals surface area contributed by atoms with Gasteiger partial charge in [-0.15, -0.1) is 0 Å². The van der Waals surface area contributed by atoms with Gasteiger partial charge in [-0.1, -0.05) is 23.2 Å². The van der Waals surface area contributed by atoms with Crippen molar-refractivity contribution >= 4 is 30.9 Å². The standard InChI is InChI=1S/C14H13BCl2O2/c1-9-7-11(16)3-5-13(9)18-15-19-14-6-4-12(17)8-10(14)2/h3-8,15H,1-2H3. The average molecular weight is 295 g/mol. The quantitative estimate of drug-likeness (QED) is 0.781. The summed E-state index contributed by atoms with van der Waals surface area (Å²) in [7, 11) is 0.144. The number of rotatable bonds is 4. The summed E-state index contributed by atoms with van der Waals surface area (Å²) in [5.74, 6) is 1.52. The molecule has 0 radical (unpaired) electrons. The van der Waals surface area contributed by atoms with Crippen LogP contribution in [0, 0.1) is 13.8 Å². The van der Waals surface area contributed by atoms with E-state index in [1.807, 2.05) is 38.1 Å². The molecular formula is C14H13BCl2O2. The Bertz CT molecular complexity index is 536. The van der Waals surface area contributed by atoms with Crippen LogP contribution in [0.15, 0.2) is 36.4 Å². The summed E-state index contributed by atoms with van der Waals surface area (Å²) in [5, 5.41) is 1.39. The minimum absolute atomic E-state index is 0.144. The SMILES string of the molecule is Cc1cc(Cl)ccc1OBOc1ccc(Cl)cc1C. The lowest BCUT2D eigenvalue weighted by Gasteiger charge is -2.11. The van der Waals surface area contributed by atoms with Crippen LogP contribution in [0.1, 0.15) is 11.1 Å². The molecule has 2 nitrogen and oxygen atoms in total. The van der Waals surface area contributed by atoms with Crippen LogP contribution in [0.25, 0.3) is 0 Å². The van der Waals surface area contributed by atoms with Gasteiger partial charge in [0.1, 0.15) is 11.5 Å². The van der Waals surface area contributed by atoms with Crippen molar-refractivity contribution in [2.24, 2.45) is 0 Å². The molecule has 0 heterocycles. The van der Waals surface area contributed by atoms with Gasteiger partial charge in [0.25, 0.3) is 0 Å². The van der Waals surface area contributed by atoms with Crippen molar-refractivity contribution < 1.29 is 9.31 Å². The van der Waals surface area contributed by atoms with Crippen LogP contribution >= 0.6 is 23.2 Å². The normalized spacial score (nSPS) is 10.1. The maximum absolute atomic E-state index is 5.88. The Kier molecular flexibility index (Phi) is 4.62. The summed E-state index contributed by atoms with van der Waals surface area (Å²) < 4.78 is 11.1. The molecule has 0 bridgehead atoms. The van der Waals surface area contributed by atoms with Crippen LogP contribution in [-0.2, 0) is 0 Å². The fraction of sp³-hybridized carbons (Fsp3) is 0.143. The van der Waals surface area contributed by atoms with Gasteiger partial charge in [0.15, 0.2) is 0 Å². The summed E-state index contributed by atoms with van der Waals surface area (Å²) >= 11 is 11.8. The number of benzene rings is 2. The van der Waals surface area contributed by atoms with Crippen molar-refractivity contribution in [1.82, 2.24) is 0 Å². The molecular weight excluding hydrogens is 282 g/mol. The van der Waals surface area contributed by atoms with E-state index in [1.165, 1.54) is 0 Å². The van der Waals surface area contributed by atoms with Gasteiger partial charge in [0.05, 0.1) is 0 Å². The van der Waals surface area contributed by atoms with E-state index < -0.39 is 0 Å². The summed E-state index contributed by atoms with van der Waals surface area (Å²) in [6.07, 6.45) is 0. The smallest absolute Gasteiger partial charge is 0.528 e. The second kappa shape index (κ2) is 6.22. The molecule has 0 aliphatic heterocycles. The van der Waals surface area contributed by atoms with Gasteiger partial charge in [0, 0.05) is 10.0 Å². The van der Waals surface area contributed by atoms with Gasteiger partial charge in [-0.05, 0) is 61.4 Å². The van der Waals surface area contributed by atoms with Crippen LogP contribution in [0.4, 0.5) is 0 Å². The predicted octanol–water partition coefficient (Wildman–Crippen LogP) is 4.33. The van der Waals surface area contributed by atoms with Gasteiger partial charge in [-0.2, -0.15) is 0 Å². The number of aryl methyl sites for hydroxylation is 2. The van der Waals surface area contributed by atoms with Gasteiger partial charge in [-0.25, -0.2) is 0 Å². The Morgan fingerprint density at radius 3 is 1.58 bits per heavy atom. The van der Waals surface area contributed by atoms with E-state index in [4.69, 9.17) is 32.5 Å². The van der Waals surface area contributed by atoms with E-state index in [-0.39, 0.29) is 7.69 Å². The van der Waals surface area contributed by atoms with E-state index in [2.05, 4.69) is 0 Å². The molecule has 2 aromatic rings. The lowest BCUT2D eigenvalue weighted by Crippen LogP contribution is -2.12. The predicted molar refractivity (Wildman–Crippen MR) is 80.8 cm³/mol. The van der Waals surface area contributed by atoms with Gasteiger partial charge < -0.3 is 9.31 Å². The Morgan fingerprint density at radius 2 is 1.21 bits per heavy atom. The van der Waals surface area contributed by atoms with Crippen molar-refractivity contribution in [2.75, 3.05) is 0 Å². The molecule has 98 valence electrons. The zero-order valence-electron chi connectivity index (χ0n) is 10.7. The molecule has 0 atom stereocenters. The molecule has 0 unspecified atom stereocenters. The Balaban J connectivity index is 1.96. The number of halogens is 2. The van der Waals surface area contributed by atoms with Crippen LogP contribution in [0.3, 0.4) is 0 Å². The highest BCUT2D eigenvalue weighted by atomic mass is 35.5. The molecule has 0 saturated heterocycles. The van der Waals surface area contributed by atoms with Crippen LogP contribution in [0.5, 0.6) is 11.5 Å². The maximum atomic E-state index is 5.88. The fourth-order valence-electron chi connectivity index (χ4n) is 1.71. The van der Waals surface area contributed by atoms with Gasteiger partial charge >= 0.3 is 7.69 Å². The third-order valence-corrected chi connectivity index (χ3v) is 3.17. The van der Waals surface area contributed by atoms with E-state index >= 15 is 0 Å². The highest BCUT2D eigenvalue weighted by molar-refractivity contribution is 6.31. The van der Waals surface area contributed by atoms with Crippen molar-refractivity contribution in [3.05, 3.63) is 57.6 Å². The largest absolute Gasteiger partial charge is 0.576 e. The summed E-state index contributed by atoms with van der Waals surface area (Å²) in [4.78, 5) is 0. The van der Waals surface area contributed by atoms with Crippen molar-refractivity contribution in [2.45, 2.75) is 13.8 Å². The molecule has 0 aliphatic rings. The van der Waals surface area contributed by atoms with Crippen LogP contribution in [0.2, 0.25) is 10.0 Å². The maximum Gasteiger partial charge on any atom is 0.576 e. The van der Waals surface area contributed by atoms with Crippen molar-refractivity contribution in [1.29, 1.82) is 0 Å². The Morgan fingerprint density at radius 1 is 0.789 bits per heavy atom. The molecule has 19 heavy (non-hydrogen) atoms. The molecule has 0 fully saturated rings. The second-order valence-corrected chi connectivity index (χ2v) is 5.10.